The average molecular weight is 416 g/mol. The molecule has 1 aromatic rings. The van der Waals surface area contributed by atoms with Crippen molar-refractivity contribution in [2.24, 2.45) is 0 Å². The molecule has 0 bridgehead atoms. The van der Waals surface area contributed by atoms with E-state index in [0.29, 0.717) is 19.6 Å². The average Bonchev–Trinajstić information content (AvgIpc) is 2.66. The summed E-state index contributed by atoms with van der Waals surface area (Å²) in [6.45, 7) is 4.18. The zero-order valence-electron chi connectivity index (χ0n) is 16.3. The molecular formula is C18H28FN4O4S+. The number of hydrogen-bond acceptors (Lipinski definition) is 4. The molecule has 28 heavy (non-hydrogen) atoms. The van der Waals surface area contributed by atoms with Gasteiger partial charge in [-0.25, -0.2) is 12.8 Å². The third-order valence-corrected chi connectivity index (χ3v) is 6.54. The van der Waals surface area contributed by atoms with Gasteiger partial charge in [0.25, 0.3) is 5.91 Å². The first kappa shape index (κ1) is 22.3. The minimum absolute atomic E-state index is 0.00614. The van der Waals surface area contributed by atoms with Gasteiger partial charge in [0.05, 0.1) is 37.6 Å². The predicted molar refractivity (Wildman–Crippen MR) is 102 cm³/mol. The number of benzene rings is 1. The molecule has 2 rings (SSSR count). The number of nitrogens with zero attached hydrogens (tertiary/aromatic N) is 2. The first-order valence-corrected chi connectivity index (χ1v) is 10.8. The van der Waals surface area contributed by atoms with Crippen LogP contribution in [0.5, 0.6) is 0 Å². The zero-order chi connectivity index (χ0) is 20.7. The Kier molecular flexibility index (Phi) is 7.90. The minimum Gasteiger partial charge on any atom is -0.355 e. The molecule has 1 fully saturated rings. The molecule has 8 nitrogen and oxygen atoms in total. The van der Waals surface area contributed by atoms with E-state index in [1.54, 1.807) is 7.05 Å². The second kappa shape index (κ2) is 9.94. The van der Waals surface area contributed by atoms with E-state index in [1.807, 2.05) is 6.92 Å². The smallest absolute Gasteiger partial charge is 0.277 e. The van der Waals surface area contributed by atoms with Crippen LogP contribution in [0.3, 0.4) is 0 Å². The van der Waals surface area contributed by atoms with E-state index in [1.165, 1.54) is 27.4 Å². The summed E-state index contributed by atoms with van der Waals surface area (Å²) in [5, 5.41) is 2.72. The highest BCUT2D eigenvalue weighted by atomic mass is 32.2. The van der Waals surface area contributed by atoms with Crippen LogP contribution in [-0.4, -0.2) is 82.3 Å². The second-order valence-electron chi connectivity index (χ2n) is 6.89. The van der Waals surface area contributed by atoms with Crippen molar-refractivity contribution < 1.29 is 27.3 Å². The fourth-order valence-corrected chi connectivity index (χ4v) is 4.44. The molecule has 1 aliphatic rings. The lowest BCUT2D eigenvalue weighted by Gasteiger charge is -2.31. The lowest BCUT2D eigenvalue weighted by molar-refractivity contribution is -0.895. The van der Waals surface area contributed by atoms with Crippen LogP contribution in [0.25, 0.3) is 0 Å². The van der Waals surface area contributed by atoms with Crippen molar-refractivity contribution in [2.75, 3.05) is 52.9 Å². The van der Waals surface area contributed by atoms with Crippen molar-refractivity contribution in [1.82, 2.24) is 14.5 Å². The lowest BCUT2D eigenvalue weighted by atomic mass is 10.3. The Morgan fingerprint density at radius 1 is 1.29 bits per heavy atom. The van der Waals surface area contributed by atoms with Gasteiger partial charge in [-0.05, 0) is 24.6 Å². The summed E-state index contributed by atoms with van der Waals surface area (Å²) < 4.78 is 39.9. The quantitative estimate of drug-likeness (QED) is 0.552. The van der Waals surface area contributed by atoms with Gasteiger partial charge in [0.2, 0.25) is 15.9 Å². The molecule has 0 spiro atoms. The van der Waals surface area contributed by atoms with Crippen molar-refractivity contribution in [3.05, 3.63) is 30.1 Å². The highest BCUT2D eigenvalue weighted by molar-refractivity contribution is 7.89. The highest BCUT2D eigenvalue weighted by Gasteiger charge is 2.31. The summed E-state index contributed by atoms with van der Waals surface area (Å²) in [6, 6.07) is 4.96. The summed E-state index contributed by atoms with van der Waals surface area (Å²) in [6.07, 6.45) is 0.830. The number of nitrogens with one attached hydrogen (secondary N) is 2. The molecule has 0 unspecified atom stereocenters. The third-order valence-electron chi connectivity index (χ3n) is 4.64. The van der Waals surface area contributed by atoms with Gasteiger partial charge in [-0.3, -0.25) is 9.59 Å². The molecule has 10 heteroatoms. The van der Waals surface area contributed by atoms with Crippen LogP contribution in [0.1, 0.15) is 13.3 Å². The van der Waals surface area contributed by atoms with Crippen LogP contribution in [0, 0.1) is 5.82 Å². The Morgan fingerprint density at radius 2 is 1.96 bits per heavy atom. The van der Waals surface area contributed by atoms with Crippen molar-refractivity contribution in [3.8, 4) is 0 Å². The maximum atomic E-state index is 13.3. The maximum absolute atomic E-state index is 13.3. The van der Waals surface area contributed by atoms with Crippen LogP contribution < -0.4 is 10.2 Å². The molecule has 0 atom stereocenters. The van der Waals surface area contributed by atoms with Gasteiger partial charge < -0.3 is 15.1 Å². The van der Waals surface area contributed by atoms with Gasteiger partial charge in [0, 0.05) is 13.6 Å². The standard InChI is InChI=1S/C18H27FN4O4S/c1-3-7-20-17(24)13-21(2)18(25)14-22-8-10-23(11-9-22)28(26,27)16-6-4-5-15(19)12-16/h4-6,12H,3,7-11,13-14H2,1-2H3,(H,20,24)/p+1. The van der Waals surface area contributed by atoms with Gasteiger partial charge in [-0.15, -0.1) is 0 Å². The predicted octanol–water partition coefficient (Wildman–Crippen LogP) is -1.30. The lowest BCUT2D eigenvalue weighted by Crippen LogP contribution is -3.15. The summed E-state index contributed by atoms with van der Waals surface area (Å²) >= 11 is 0. The van der Waals surface area contributed by atoms with Crippen LogP contribution >= 0.6 is 0 Å². The van der Waals surface area contributed by atoms with Gasteiger partial charge >= 0.3 is 0 Å². The Morgan fingerprint density at radius 3 is 2.57 bits per heavy atom. The maximum Gasteiger partial charge on any atom is 0.277 e. The van der Waals surface area contributed by atoms with Crippen LogP contribution in [0.4, 0.5) is 4.39 Å². The number of quaternary nitrogens is 1. The first-order chi connectivity index (χ1) is 13.2. The Labute approximate surface area is 165 Å². The number of carbonyl (C=O) groups is 2. The van der Waals surface area contributed by atoms with Gasteiger partial charge in [0.15, 0.2) is 6.54 Å². The largest absolute Gasteiger partial charge is 0.355 e. The zero-order valence-corrected chi connectivity index (χ0v) is 17.1. The van der Waals surface area contributed by atoms with E-state index < -0.39 is 15.8 Å². The molecule has 156 valence electrons. The van der Waals surface area contributed by atoms with Crippen LogP contribution in [-0.2, 0) is 19.6 Å². The molecule has 1 heterocycles. The molecule has 0 saturated carbocycles. The number of rotatable bonds is 8. The van der Waals surface area contributed by atoms with Gasteiger partial charge in [-0.2, -0.15) is 4.31 Å². The molecular weight excluding hydrogens is 387 g/mol. The Hall–Kier alpha value is -2.04. The van der Waals surface area contributed by atoms with Crippen molar-refractivity contribution in [3.63, 3.8) is 0 Å². The summed E-state index contributed by atoms with van der Waals surface area (Å²) in [4.78, 5) is 26.3. The summed E-state index contributed by atoms with van der Waals surface area (Å²) in [5.74, 6) is -0.955. The molecule has 1 aromatic carbocycles. The number of sulfonamides is 1. The van der Waals surface area contributed by atoms with Crippen molar-refractivity contribution in [1.29, 1.82) is 0 Å². The summed E-state index contributed by atoms with van der Waals surface area (Å²) in [7, 11) is -2.16. The normalized spacial score (nSPS) is 16.0. The highest BCUT2D eigenvalue weighted by Crippen LogP contribution is 2.16. The van der Waals surface area contributed by atoms with E-state index in [2.05, 4.69) is 5.32 Å². The number of likely N-dealkylation sites (N-methyl/N-ethyl adjacent to an activating group) is 1. The van der Waals surface area contributed by atoms with Gasteiger partial charge in [0.1, 0.15) is 5.82 Å². The topological polar surface area (TPSA) is 91.2 Å². The number of amides is 2. The monoisotopic (exact) mass is 415 g/mol. The minimum atomic E-state index is -3.75. The van der Waals surface area contributed by atoms with E-state index >= 15 is 0 Å². The molecule has 1 aliphatic heterocycles. The number of hydrogen-bond donors (Lipinski definition) is 2. The molecule has 2 amide bonds. The van der Waals surface area contributed by atoms with Gasteiger partial charge in [-0.1, -0.05) is 13.0 Å². The van der Waals surface area contributed by atoms with E-state index in [4.69, 9.17) is 0 Å². The van der Waals surface area contributed by atoms with E-state index in [0.717, 1.165) is 17.4 Å². The fourth-order valence-electron chi connectivity index (χ4n) is 2.97. The molecule has 0 radical (unpaired) electrons. The van der Waals surface area contributed by atoms with E-state index in [9.17, 15) is 22.4 Å². The number of halogens is 1. The molecule has 0 aromatic heterocycles. The molecule has 1 saturated heterocycles. The molecule has 0 aliphatic carbocycles. The molecule has 2 N–H and O–H groups in total. The first-order valence-electron chi connectivity index (χ1n) is 9.34. The van der Waals surface area contributed by atoms with Crippen LogP contribution in [0.15, 0.2) is 29.2 Å². The van der Waals surface area contributed by atoms with Crippen molar-refractivity contribution >= 4 is 21.8 Å². The summed E-state index contributed by atoms with van der Waals surface area (Å²) in [5.41, 5.74) is 0. The number of carbonyl (C=O) groups excluding carboxylic acids is 2. The second-order valence-corrected chi connectivity index (χ2v) is 8.83. The van der Waals surface area contributed by atoms with E-state index in [-0.39, 0.29) is 42.9 Å². The van der Waals surface area contributed by atoms with Crippen LogP contribution in [0.2, 0.25) is 0 Å². The van der Waals surface area contributed by atoms with Crippen molar-refractivity contribution in [2.45, 2.75) is 18.2 Å². The fraction of sp³-hybridized carbons (Fsp3) is 0.556. The SMILES string of the molecule is CCCNC(=O)CN(C)C(=O)C[NH+]1CCN(S(=O)(=O)c2cccc(F)c2)CC1. The third kappa shape index (κ3) is 5.98. The Bertz CT molecular complexity index is 795. The number of piperazine rings is 1. The Balaban J connectivity index is 1.85.